The molecule has 1 heterocycles. The summed E-state index contributed by atoms with van der Waals surface area (Å²) >= 11 is 9.21. The van der Waals surface area contributed by atoms with Gasteiger partial charge in [-0.3, -0.25) is 9.40 Å². The Balaban J connectivity index is 2.24. The molecule has 20 heavy (non-hydrogen) atoms. The molecule has 5 nitrogen and oxygen atoms in total. The van der Waals surface area contributed by atoms with E-state index < -0.39 is 10.0 Å². The standard InChI is InChI=1S/C12H13BrClN3O2S/c1-17-12(11(14)8-15-17)20(18,19)16-10-4-2-9(3-5-10)6-7-13/h2-5,8,16H,6-7H2,1H3. The fourth-order valence-electron chi connectivity index (χ4n) is 1.75. The molecule has 0 aliphatic heterocycles. The lowest BCUT2D eigenvalue weighted by molar-refractivity contribution is 0.582. The SMILES string of the molecule is Cn1ncc(Cl)c1S(=O)(=O)Nc1ccc(CCBr)cc1. The first kappa shape index (κ1) is 15.3. The molecule has 0 fully saturated rings. The molecule has 0 aliphatic carbocycles. The largest absolute Gasteiger partial charge is 0.280 e. The van der Waals surface area contributed by atoms with Crippen molar-refractivity contribution in [1.82, 2.24) is 9.78 Å². The number of aryl methyl sites for hydroxylation is 2. The topological polar surface area (TPSA) is 64.0 Å². The predicted molar refractivity (Wildman–Crippen MR) is 83.0 cm³/mol. The number of nitrogens with zero attached hydrogens (tertiary/aromatic N) is 2. The Morgan fingerprint density at radius 1 is 1.35 bits per heavy atom. The van der Waals surface area contributed by atoms with E-state index in [1.54, 1.807) is 12.1 Å². The normalized spacial score (nSPS) is 11.6. The summed E-state index contributed by atoms with van der Waals surface area (Å²) in [4.78, 5) is 0. The maximum Gasteiger partial charge on any atom is 0.280 e. The van der Waals surface area contributed by atoms with Crippen LogP contribution in [0, 0.1) is 0 Å². The summed E-state index contributed by atoms with van der Waals surface area (Å²) in [6, 6.07) is 7.20. The van der Waals surface area contributed by atoms with Gasteiger partial charge in [-0.05, 0) is 24.1 Å². The average Bonchev–Trinajstić information content (AvgIpc) is 2.72. The van der Waals surface area contributed by atoms with Gasteiger partial charge in [0.05, 0.1) is 11.2 Å². The monoisotopic (exact) mass is 377 g/mol. The highest BCUT2D eigenvalue weighted by molar-refractivity contribution is 9.09. The second-order valence-electron chi connectivity index (χ2n) is 4.16. The van der Waals surface area contributed by atoms with Gasteiger partial charge >= 0.3 is 0 Å². The zero-order valence-corrected chi connectivity index (χ0v) is 13.8. The number of sulfonamides is 1. The van der Waals surface area contributed by atoms with Gasteiger partial charge in [-0.15, -0.1) is 0 Å². The number of aromatic nitrogens is 2. The lowest BCUT2D eigenvalue weighted by Gasteiger charge is -2.09. The first-order chi connectivity index (χ1) is 9.44. The predicted octanol–water partition coefficient (Wildman–Crippen LogP) is 2.81. The van der Waals surface area contributed by atoms with Gasteiger partial charge in [0.25, 0.3) is 10.0 Å². The Kier molecular flexibility index (Phi) is 4.72. The Labute approximate surface area is 131 Å². The van der Waals surface area contributed by atoms with Crippen molar-refractivity contribution in [2.75, 3.05) is 10.1 Å². The molecule has 0 aliphatic rings. The highest BCUT2D eigenvalue weighted by Crippen LogP contribution is 2.23. The Hall–Kier alpha value is -1.05. The summed E-state index contributed by atoms with van der Waals surface area (Å²) in [5, 5.41) is 4.73. The lowest BCUT2D eigenvalue weighted by Crippen LogP contribution is -2.17. The fraction of sp³-hybridized carbons (Fsp3) is 0.250. The quantitative estimate of drug-likeness (QED) is 0.814. The highest BCUT2D eigenvalue weighted by atomic mass is 79.9. The van der Waals surface area contributed by atoms with Crippen LogP contribution in [0.1, 0.15) is 5.56 Å². The molecule has 0 atom stereocenters. The van der Waals surface area contributed by atoms with Crippen LogP contribution >= 0.6 is 27.5 Å². The molecule has 0 radical (unpaired) electrons. The maximum absolute atomic E-state index is 12.3. The van der Waals surface area contributed by atoms with Crippen molar-refractivity contribution in [3.05, 3.63) is 41.0 Å². The number of rotatable bonds is 5. The van der Waals surface area contributed by atoms with E-state index in [0.717, 1.165) is 17.3 Å². The Bertz CT molecular complexity index is 678. The summed E-state index contributed by atoms with van der Waals surface area (Å²) in [6.45, 7) is 0. The van der Waals surface area contributed by atoms with Crippen molar-refractivity contribution in [1.29, 1.82) is 0 Å². The van der Waals surface area contributed by atoms with Crippen molar-refractivity contribution >= 4 is 43.2 Å². The van der Waals surface area contributed by atoms with Gasteiger partial charge in [0, 0.05) is 18.1 Å². The smallest absolute Gasteiger partial charge is 0.278 e. The minimum absolute atomic E-state index is 0.0521. The molecule has 8 heteroatoms. The van der Waals surface area contributed by atoms with Gasteiger partial charge in [0.2, 0.25) is 0 Å². The molecular weight excluding hydrogens is 366 g/mol. The third-order valence-corrected chi connectivity index (χ3v) is 4.97. The van der Waals surface area contributed by atoms with Crippen molar-refractivity contribution in [3.63, 3.8) is 0 Å². The molecule has 1 aromatic carbocycles. The van der Waals surface area contributed by atoms with Crippen LogP contribution in [0.25, 0.3) is 0 Å². The van der Waals surface area contributed by atoms with E-state index in [1.807, 2.05) is 12.1 Å². The number of hydrogen-bond donors (Lipinski definition) is 1. The third kappa shape index (κ3) is 3.34. The highest BCUT2D eigenvalue weighted by Gasteiger charge is 2.22. The average molecular weight is 379 g/mol. The van der Waals surface area contributed by atoms with Crippen LogP contribution in [0.15, 0.2) is 35.5 Å². The van der Waals surface area contributed by atoms with Crippen LogP contribution in [0.2, 0.25) is 5.02 Å². The van der Waals surface area contributed by atoms with Gasteiger partial charge in [-0.1, -0.05) is 39.7 Å². The molecule has 2 rings (SSSR count). The number of hydrogen-bond acceptors (Lipinski definition) is 3. The van der Waals surface area contributed by atoms with Gasteiger partial charge in [-0.25, -0.2) is 0 Å². The summed E-state index contributed by atoms with van der Waals surface area (Å²) in [5.74, 6) is 0. The van der Waals surface area contributed by atoms with Crippen LogP contribution < -0.4 is 4.72 Å². The molecule has 1 aromatic heterocycles. The summed E-state index contributed by atoms with van der Waals surface area (Å²) in [5.41, 5.74) is 1.61. The maximum atomic E-state index is 12.3. The van der Waals surface area contributed by atoms with Gasteiger partial charge in [-0.2, -0.15) is 13.5 Å². The molecule has 0 saturated carbocycles. The molecule has 1 N–H and O–H groups in total. The van der Waals surface area contributed by atoms with Crippen molar-refractivity contribution in [2.24, 2.45) is 7.05 Å². The van der Waals surface area contributed by atoms with E-state index in [-0.39, 0.29) is 10.0 Å². The Morgan fingerprint density at radius 3 is 2.50 bits per heavy atom. The number of alkyl halides is 1. The third-order valence-electron chi connectivity index (χ3n) is 2.69. The summed E-state index contributed by atoms with van der Waals surface area (Å²) in [7, 11) is -2.22. The van der Waals surface area contributed by atoms with Crippen LogP contribution in [0.5, 0.6) is 0 Å². The van der Waals surface area contributed by atoms with E-state index in [9.17, 15) is 8.42 Å². The van der Waals surface area contributed by atoms with E-state index in [2.05, 4.69) is 25.8 Å². The molecule has 0 saturated heterocycles. The second-order valence-corrected chi connectivity index (χ2v) is 6.96. The van der Waals surface area contributed by atoms with Crippen LogP contribution in [-0.4, -0.2) is 23.5 Å². The van der Waals surface area contributed by atoms with Crippen molar-refractivity contribution in [3.8, 4) is 0 Å². The van der Waals surface area contributed by atoms with Gasteiger partial charge in [0.1, 0.15) is 0 Å². The van der Waals surface area contributed by atoms with E-state index in [0.29, 0.717) is 5.69 Å². The van der Waals surface area contributed by atoms with E-state index in [4.69, 9.17) is 11.6 Å². The second kappa shape index (κ2) is 6.15. The summed E-state index contributed by atoms with van der Waals surface area (Å²) in [6.07, 6.45) is 2.19. The lowest BCUT2D eigenvalue weighted by atomic mass is 10.2. The summed E-state index contributed by atoms with van der Waals surface area (Å²) < 4.78 is 28.2. The zero-order chi connectivity index (χ0) is 14.8. The van der Waals surface area contributed by atoms with Crippen LogP contribution in [0.3, 0.4) is 0 Å². The molecular formula is C12H13BrClN3O2S. The zero-order valence-electron chi connectivity index (χ0n) is 10.7. The first-order valence-electron chi connectivity index (χ1n) is 5.79. The minimum Gasteiger partial charge on any atom is -0.278 e. The number of halogens is 2. The van der Waals surface area contributed by atoms with E-state index in [1.165, 1.54) is 17.9 Å². The van der Waals surface area contributed by atoms with Gasteiger partial charge in [0.15, 0.2) is 5.03 Å². The molecule has 0 bridgehead atoms. The molecule has 0 spiro atoms. The molecule has 0 unspecified atom stereocenters. The van der Waals surface area contributed by atoms with Crippen molar-refractivity contribution in [2.45, 2.75) is 11.4 Å². The van der Waals surface area contributed by atoms with Crippen LogP contribution in [0.4, 0.5) is 5.69 Å². The van der Waals surface area contributed by atoms with E-state index >= 15 is 0 Å². The number of benzene rings is 1. The molecule has 2 aromatic rings. The van der Waals surface area contributed by atoms with Crippen molar-refractivity contribution < 1.29 is 8.42 Å². The fourth-order valence-corrected chi connectivity index (χ4v) is 3.93. The molecule has 0 amide bonds. The minimum atomic E-state index is -3.75. The van der Waals surface area contributed by atoms with Gasteiger partial charge < -0.3 is 0 Å². The first-order valence-corrected chi connectivity index (χ1v) is 8.77. The van der Waals surface area contributed by atoms with Crippen LogP contribution in [-0.2, 0) is 23.5 Å². The molecule has 108 valence electrons. The number of nitrogens with one attached hydrogen (secondary N) is 1. The number of anilines is 1. The Morgan fingerprint density at radius 2 is 2.00 bits per heavy atom.